The number of piperazine rings is 1. The van der Waals surface area contributed by atoms with E-state index in [0.29, 0.717) is 50.5 Å². The molecule has 1 unspecified atom stereocenters. The van der Waals surface area contributed by atoms with Gasteiger partial charge < -0.3 is 14.5 Å². The molecule has 0 saturated carbocycles. The summed E-state index contributed by atoms with van der Waals surface area (Å²) >= 11 is 0. The van der Waals surface area contributed by atoms with Crippen LogP contribution in [0, 0.1) is 5.82 Å². The predicted octanol–water partition coefficient (Wildman–Crippen LogP) is 1.77. The Morgan fingerprint density at radius 3 is 2.45 bits per heavy atom. The summed E-state index contributed by atoms with van der Waals surface area (Å²) < 4.78 is 44.1. The maximum Gasteiger partial charge on any atom is 0.409 e. The van der Waals surface area contributed by atoms with Gasteiger partial charge in [-0.1, -0.05) is 0 Å². The van der Waals surface area contributed by atoms with Crippen LogP contribution in [0.1, 0.15) is 31.2 Å². The lowest BCUT2D eigenvalue weighted by atomic mass is 9.96. The summed E-state index contributed by atoms with van der Waals surface area (Å²) in [5, 5.41) is 0. The molecule has 10 heteroatoms. The van der Waals surface area contributed by atoms with Crippen LogP contribution in [0.25, 0.3) is 0 Å². The van der Waals surface area contributed by atoms with Crippen molar-refractivity contribution >= 4 is 27.7 Å². The minimum absolute atomic E-state index is 0.0516. The fraction of sp³-hybridized carbons (Fsp3) is 0.579. The molecule has 3 rings (SSSR count). The Kier molecular flexibility index (Phi) is 6.30. The molecule has 1 aromatic rings. The van der Waals surface area contributed by atoms with E-state index < -0.39 is 15.8 Å². The van der Waals surface area contributed by atoms with Crippen molar-refractivity contribution in [2.24, 2.45) is 0 Å². The second-order valence-corrected chi connectivity index (χ2v) is 9.21. The van der Waals surface area contributed by atoms with Crippen LogP contribution in [-0.4, -0.2) is 75.8 Å². The van der Waals surface area contributed by atoms with Crippen LogP contribution >= 0.6 is 0 Å². The van der Waals surface area contributed by atoms with E-state index in [4.69, 9.17) is 4.74 Å². The number of benzene rings is 1. The Morgan fingerprint density at radius 2 is 1.83 bits per heavy atom. The number of fused-ring (bicyclic) bond motifs is 1. The van der Waals surface area contributed by atoms with Crippen LogP contribution in [0.4, 0.5) is 14.9 Å². The van der Waals surface area contributed by atoms with Crippen LogP contribution in [0.15, 0.2) is 18.2 Å². The standard InChI is InChI=1S/C19H26FN3O5S/c1-3-28-19(25)22-10-8-21(9-11-22)18(24)7-4-14-13-23(29(2,26)27)17-6-5-15(20)12-16(14)17/h5-6,12,14H,3-4,7-11,13H2,1-2H3. The maximum atomic E-state index is 13.7. The van der Waals surface area contributed by atoms with Crippen LogP contribution in [-0.2, 0) is 19.6 Å². The van der Waals surface area contributed by atoms with E-state index in [2.05, 4.69) is 0 Å². The average molecular weight is 427 g/mol. The van der Waals surface area contributed by atoms with E-state index >= 15 is 0 Å². The minimum Gasteiger partial charge on any atom is -0.450 e. The predicted molar refractivity (Wildman–Crippen MR) is 106 cm³/mol. The number of anilines is 1. The van der Waals surface area contributed by atoms with Crippen LogP contribution < -0.4 is 4.31 Å². The molecule has 0 spiro atoms. The van der Waals surface area contributed by atoms with Crippen molar-refractivity contribution in [2.75, 3.05) is 49.9 Å². The van der Waals surface area contributed by atoms with E-state index in [-0.39, 0.29) is 30.9 Å². The van der Waals surface area contributed by atoms with E-state index in [0.717, 1.165) is 6.26 Å². The lowest BCUT2D eigenvalue weighted by Gasteiger charge is -2.34. The highest BCUT2D eigenvalue weighted by atomic mass is 32.2. The van der Waals surface area contributed by atoms with Crippen LogP contribution in [0.3, 0.4) is 0 Å². The van der Waals surface area contributed by atoms with Gasteiger partial charge in [-0.2, -0.15) is 0 Å². The Morgan fingerprint density at radius 1 is 1.17 bits per heavy atom. The van der Waals surface area contributed by atoms with Crippen LogP contribution in [0.5, 0.6) is 0 Å². The van der Waals surface area contributed by atoms with Gasteiger partial charge in [-0.3, -0.25) is 9.10 Å². The molecule has 1 atom stereocenters. The number of halogens is 1. The fourth-order valence-electron chi connectivity index (χ4n) is 3.85. The normalized spacial score (nSPS) is 19.3. The SMILES string of the molecule is CCOC(=O)N1CCN(C(=O)CCC2CN(S(C)(=O)=O)c3ccc(F)cc32)CC1. The summed E-state index contributed by atoms with van der Waals surface area (Å²) in [6.45, 7) is 3.98. The zero-order valence-electron chi connectivity index (χ0n) is 16.6. The first-order valence-electron chi connectivity index (χ1n) is 9.67. The van der Waals surface area contributed by atoms with Gasteiger partial charge in [0.1, 0.15) is 5.82 Å². The molecule has 0 N–H and O–H groups in total. The molecule has 2 aliphatic rings. The second-order valence-electron chi connectivity index (χ2n) is 7.30. The summed E-state index contributed by atoms with van der Waals surface area (Å²) in [6, 6.07) is 4.07. The van der Waals surface area contributed by atoms with Crippen LogP contribution in [0.2, 0.25) is 0 Å². The monoisotopic (exact) mass is 427 g/mol. The third-order valence-corrected chi connectivity index (χ3v) is 6.50. The van der Waals surface area contributed by atoms with E-state index in [1.807, 2.05) is 0 Å². The molecular formula is C19H26FN3O5S. The molecule has 2 aliphatic heterocycles. The lowest BCUT2D eigenvalue weighted by molar-refractivity contribution is -0.133. The molecule has 160 valence electrons. The van der Waals surface area contributed by atoms with Crippen molar-refractivity contribution in [1.29, 1.82) is 0 Å². The average Bonchev–Trinajstić information content (AvgIpc) is 3.04. The number of ether oxygens (including phenoxy) is 1. The number of hydrogen-bond donors (Lipinski definition) is 0. The number of sulfonamides is 1. The zero-order valence-corrected chi connectivity index (χ0v) is 17.5. The first kappa shape index (κ1) is 21.4. The third-order valence-electron chi connectivity index (χ3n) is 5.35. The highest BCUT2D eigenvalue weighted by Crippen LogP contribution is 2.40. The Labute approximate surface area is 170 Å². The molecule has 29 heavy (non-hydrogen) atoms. The van der Waals surface area contributed by atoms with Gasteiger partial charge in [-0.05, 0) is 37.1 Å². The molecule has 0 bridgehead atoms. The highest BCUT2D eigenvalue weighted by Gasteiger charge is 2.34. The van der Waals surface area contributed by atoms with E-state index in [9.17, 15) is 22.4 Å². The van der Waals surface area contributed by atoms with Crippen molar-refractivity contribution in [3.63, 3.8) is 0 Å². The van der Waals surface area contributed by atoms with Gasteiger partial charge in [0.15, 0.2) is 0 Å². The largest absolute Gasteiger partial charge is 0.450 e. The molecule has 0 radical (unpaired) electrons. The first-order valence-corrected chi connectivity index (χ1v) is 11.5. The Balaban J connectivity index is 1.59. The first-order chi connectivity index (χ1) is 13.7. The number of carbonyl (C=O) groups excluding carboxylic acids is 2. The molecule has 1 saturated heterocycles. The Bertz CT molecular complexity index is 884. The third kappa shape index (κ3) is 4.80. The maximum absolute atomic E-state index is 13.7. The fourth-order valence-corrected chi connectivity index (χ4v) is 4.82. The summed E-state index contributed by atoms with van der Waals surface area (Å²) in [4.78, 5) is 27.6. The molecule has 2 amide bonds. The number of amides is 2. The number of hydrogen-bond acceptors (Lipinski definition) is 5. The van der Waals surface area contributed by atoms with Gasteiger partial charge in [-0.15, -0.1) is 0 Å². The molecule has 2 heterocycles. The van der Waals surface area contributed by atoms with E-state index in [1.165, 1.54) is 22.5 Å². The van der Waals surface area contributed by atoms with Crippen molar-refractivity contribution in [2.45, 2.75) is 25.7 Å². The summed E-state index contributed by atoms with van der Waals surface area (Å²) in [7, 11) is -3.47. The van der Waals surface area contributed by atoms with Gasteiger partial charge in [0.05, 0.1) is 18.6 Å². The van der Waals surface area contributed by atoms with Gasteiger partial charge in [0.25, 0.3) is 0 Å². The van der Waals surface area contributed by atoms with Gasteiger partial charge in [0.2, 0.25) is 15.9 Å². The zero-order chi connectivity index (χ0) is 21.2. The van der Waals surface area contributed by atoms with Crippen molar-refractivity contribution in [1.82, 2.24) is 9.80 Å². The molecular weight excluding hydrogens is 401 g/mol. The van der Waals surface area contributed by atoms with Gasteiger partial charge >= 0.3 is 6.09 Å². The number of nitrogens with zero attached hydrogens (tertiary/aromatic N) is 3. The van der Waals surface area contributed by atoms with E-state index in [1.54, 1.807) is 16.7 Å². The van der Waals surface area contributed by atoms with Gasteiger partial charge in [-0.25, -0.2) is 17.6 Å². The molecule has 1 aromatic carbocycles. The smallest absolute Gasteiger partial charge is 0.409 e. The number of carbonyl (C=O) groups is 2. The quantitative estimate of drug-likeness (QED) is 0.715. The topological polar surface area (TPSA) is 87.2 Å². The summed E-state index contributed by atoms with van der Waals surface area (Å²) in [5.74, 6) is -0.713. The highest BCUT2D eigenvalue weighted by molar-refractivity contribution is 7.92. The molecule has 8 nitrogen and oxygen atoms in total. The molecule has 0 aromatic heterocycles. The molecule has 0 aliphatic carbocycles. The minimum atomic E-state index is -3.47. The summed E-state index contributed by atoms with van der Waals surface area (Å²) in [5.41, 5.74) is 1.10. The van der Waals surface area contributed by atoms with Crippen molar-refractivity contribution < 1.29 is 27.1 Å². The van der Waals surface area contributed by atoms with Crippen molar-refractivity contribution in [3.8, 4) is 0 Å². The Hall–Kier alpha value is -2.36. The summed E-state index contributed by atoms with van der Waals surface area (Å²) in [6.07, 6.45) is 1.42. The van der Waals surface area contributed by atoms with Gasteiger partial charge in [0, 0.05) is 45.1 Å². The lowest BCUT2D eigenvalue weighted by Crippen LogP contribution is -2.50. The molecule has 1 fully saturated rings. The van der Waals surface area contributed by atoms with Crippen molar-refractivity contribution in [3.05, 3.63) is 29.6 Å². The second kappa shape index (κ2) is 8.56. The number of rotatable bonds is 5.